The maximum atomic E-state index is 15.0. The van der Waals surface area contributed by atoms with Gasteiger partial charge >= 0.3 is 11.5 Å². The van der Waals surface area contributed by atoms with Gasteiger partial charge in [-0.25, -0.2) is 17.6 Å². The van der Waals surface area contributed by atoms with Crippen molar-refractivity contribution >= 4 is 33.3 Å². The molecule has 0 saturated heterocycles. The number of carboxylic acids is 1. The number of allylic oxidation sites excluding steroid dienone is 1. The molecule has 0 aromatic heterocycles. The van der Waals surface area contributed by atoms with Crippen LogP contribution in [0, 0.1) is 23.6 Å². The molecule has 0 heterocycles. The third-order valence-electron chi connectivity index (χ3n) is 7.73. The highest BCUT2D eigenvalue weighted by Gasteiger charge is 2.49. The Morgan fingerprint density at radius 3 is 2.36 bits per heavy atom. The average Bonchev–Trinajstić information content (AvgIpc) is 3.58. The Morgan fingerprint density at radius 2 is 1.68 bits per heavy atom. The van der Waals surface area contributed by atoms with Crippen LogP contribution in [0.25, 0.3) is 11.1 Å². The molecule has 230 valence electrons. The predicted octanol–water partition coefficient (Wildman–Crippen LogP) is 5.05. The molecule has 2 aliphatic carbocycles. The number of methoxy groups -OCH3 is 1. The smallest absolute Gasteiger partial charge is 0.496 e. The number of hydrogen-bond donors (Lipinski definition) is 3. The number of amides is 2. The summed E-state index contributed by atoms with van der Waals surface area (Å²) in [6.07, 6.45) is 4.13. The molecule has 3 aromatic rings. The first-order valence-corrected chi connectivity index (χ1v) is 14.6. The Morgan fingerprint density at radius 1 is 0.977 bits per heavy atom. The number of hydrogen-bond acceptors (Lipinski definition) is 6. The lowest BCUT2D eigenvalue weighted by atomic mass is 9.87. The molecule has 0 radical (unpaired) electrons. The van der Waals surface area contributed by atoms with E-state index in [-0.39, 0.29) is 45.5 Å². The van der Waals surface area contributed by atoms with Crippen LogP contribution < -0.4 is 15.4 Å². The average molecular weight is 633 g/mol. The molecule has 2 amide bonds. The Hall–Kier alpha value is -4.72. The summed E-state index contributed by atoms with van der Waals surface area (Å²) in [5.41, 5.74) is -5.73. The molecule has 9 nitrogen and oxygen atoms in total. The number of anilines is 1. The summed E-state index contributed by atoms with van der Waals surface area (Å²) in [4.78, 5) is 37.3. The molecular formula is C30H24F4N2O7S. The van der Waals surface area contributed by atoms with Crippen molar-refractivity contribution in [3.8, 4) is 16.9 Å². The number of carbonyl (C=O) groups is 3. The van der Waals surface area contributed by atoms with Crippen molar-refractivity contribution in [3.63, 3.8) is 0 Å². The number of sulfone groups is 1. The molecule has 1 fully saturated rings. The second-order valence-electron chi connectivity index (χ2n) is 10.4. The fourth-order valence-electron chi connectivity index (χ4n) is 5.65. The van der Waals surface area contributed by atoms with E-state index in [1.807, 2.05) is 6.08 Å². The second kappa shape index (κ2) is 11.4. The zero-order valence-electron chi connectivity index (χ0n) is 22.8. The number of carboxylic acid groups (broad SMARTS) is 1. The van der Waals surface area contributed by atoms with Gasteiger partial charge in [-0.3, -0.25) is 9.59 Å². The maximum absolute atomic E-state index is 15.0. The van der Waals surface area contributed by atoms with Gasteiger partial charge in [0.1, 0.15) is 11.6 Å². The van der Waals surface area contributed by atoms with Crippen LogP contribution in [0.3, 0.4) is 0 Å². The molecule has 44 heavy (non-hydrogen) atoms. The van der Waals surface area contributed by atoms with E-state index in [1.54, 1.807) is 6.08 Å². The first-order valence-electron chi connectivity index (χ1n) is 13.1. The molecule has 3 aromatic carbocycles. The zero-order chi connectivity index (χ0) is 32.0. The van der Waals surface area contributed by atoms with Crippen LogP contribution in [-0.4, -0.2) is 50.0 Å². The van der Waals surface area contributed by atoms with E-state index in [1.165, 1.54) is 43.5 Å². The predicted molar refractivity (Wildman–Crippen MR) is 149 cm³/mol. The number of rotatable bonds is 8. The van der Waals surface area contributed by atoms with Crippen molar-refractivity contribution in [1.29, 1.82) is 0 Å². The van der Waals surface area contributed by atoms with Crippen molar-refractivity contribution in [3.05, 3.63) is 89.8 Å². The molecule has 5 rings (SSSR count). The van der Waals surface area contributed by atoms with Crippen molar-refractivity contribution in [2.75, 3.05) is 12.4 Å². The van der Waals surface area contributed by atoms with Gasteiger partial charge in [-0.05, 0) is 60.2 Å². The summed E-state index contributed by atoms with van der Waals surface area (Å²) in [6, 6.07) is 10.7. The van der Waals surface area contributed by atoms with Gasteiger partial charge in [0.25, 0.3) is 15.7 Å². The molecular weight excluding hydrogens is 608 g/mol. The Bertz CT molecular complexity index is 1810. The summed E-state index contributed by atoms with van der Waals surface area (Å²) < 4.78 is 83.1. The van der Waals surface area contributed by atoms with E-state index in [0.717, 1.165) is 18.2 Å². The number of halogens is 4. The van der Waals surface area contributed by atoms with Crippen molar-refractivity contribution in [1.82, 2.24) is 5.32 Å². The molecule has 14 heteroatoms. The summed E-state index contributed by atoms with van der Waals surface area (Å²) in [5, 5.41) is 14.6. The van der Waals surface area contributed by atoms with Gasteiger partial charge in [0.05, 0.1) is 29.1 Å². The van der Waals surface area contributed by atoms with Crippen LogP contribution in [0.4, 0.5) is 23.2 Å². The number of carbonyl (C=O) groups excluding carboxylic acids is 2. The molecule has 4 atom stereocenters. The van der Waals surface area contributed by atoms with E-state index < -0.39 is 55.8 Å². The Kier molecular flexibility index (Phi) is 7.97. The van der Waals surface area contributed by atoms with Gasteiger partial charge in [-0.1, -0.05) is 30.4 Å². The van der Waals surface area contributed by atoms with Crippen molar-refractivity contribution < 1.29 is 50.2 Å². The quantitative estimate of drug-likeness (QED) is 0.233. The Labute approximate surface area is 248 Å². The minimum absolute atomic E-state index is 0.0603. The number of fused-ring (bicyclic) bond motifs is 2. The van der Waals surface area contributed by atoms with Gasteiger partial charge in [0.15, 0.2) is 0 Å². The van der Waals surface area contributed by atoms with Gasteiger partial charge < -0.3 is 20.5 Å². The van der Waals surface area contributed by atoms with Crippen molar-refractivity contribution in [2.45, 2.75) is 22.9 Å². The minimum atomic E-state index is -5.65. The molecule has 0 spiro atoms. The van der Waals surface area contributed by atoms with Crippen LogP contribution >= 0.6 is 0 Å². The normalized spacial score (nSPS) is 20.8. The lowest BCUT2D eigenvalue weighted by Crippen LogP contribution is -2.47. The van der Waals surface area contributed by atoms with Crippen molar-refractivity contribution in [2.24, 2.45) is 17.8 Å². The highest BCUT2D eigenvalue weighted by Crippen LogP contribution is 2.45. The maximum Gasteiger partial charge on any atom is 0.501 e. The lowest BCUT2D eigenvalue weighted by Gasteiger charge is -2.28. The first kappa shape index (κ1) is 30.7. The van der Waals surface area contributed by atoms with Crippen LogP contribution in [0.15, 0.2) is 77.7 Å². The van der Waals surface area contributed by atoms with Crippen LogP contribution in [0.1, 0.15) is 27.1 Å². The van der Waals surface area contributed by atoms with E-state index >= 15 is 4.39 Å². The van der Waals surface area contributed by atoms with E-state index in [0.29, 0.717) is 12.5 Å². The lowest BCUT2D eigenvalue weighted by molar-refractivity contribution is -0.121. The summed E-state index contributed by atoms with van der Waals surface area (Å²) in [6.45, 7) is 0. The minimum Gasteiger partial charge on any atom is -0.496 e. The monoisotopic (exact) mass is 632 g/mol. The van der Waals surface area contributed by atoms with Crippen LogP contribution in [0.5, 0.6) is 5.75 Å². The van der Waals surface area contributed by atoms with E-state index in [9.17, 15) is 41.1 Å². The van der Waals surface area contributed by atoms with Gasteiger partial charge in [-0.2, -0.15) is 13.2 Å². The summed E-state index contributed by atoms with van der Waals surface area (Å²) in [5.74, 6) is -4.91. The third kappa shape index (κ3) is 5.64. The van der Waals surface area contributed by atoms with Crippen LogP contribution in [0.2, 0.25) is 0 Å². The number of nitrogens with one attached hydrogen (secondary N) is 2. The highest BCUT2D eigenvalue weighted by atomic mass is 32.2. The first-order chi connectivity index (χ1) is 20.7. The molecule has 1 saturated carbocycles. The second-order valence-corrected chi connectivity index (χ2v) is 12.3. The number of aromatic carboxylic acids is 1. The van der Waals surface area contributed by atoms with Crippen LogP contribution in [-0.2, 0) is 14.6 Å². The topological polar surface area (TPSA) is 139 Å². The fraction of sp³-hybridized carbons (Fsp3) is 0.233. The number of benzene rings is 3. The number of alkyl halides is 3. The SMILES string of the molecule is COc1cc(F)c(-c2cccc(C(=O)O)c2)cc1C(=O)NC1C2C=CC(C2)C1C(=O)Nc1cccc(S(=O)(=O)C(F)(F)F)c1. The molecule has 3 N–H and O–H groups in total. The molecule has 4 unspecified atom stereocenters. The molecule has 0 aliphatic heterocycles. The molecule has 2 aliphatic rings. The Balaban J connectivity index is 1.41. The van der Waals surface area contributed by atoms with Gasteiger partial charge in [-0.15, -0.1) is 0 Å². The standard InChI is InChI=1S/C30H24F4N2O7S/c1-43-24-14-23(31)21(15-4-2-5-18(10-15)29(39)40)13-22(24)27(37)36-26-17-9-8-16(11-17)25(26)28(38)35-19-6-3-7-20(12-19)44(41,42)30(32,33)34/h2-10,12-14,16-17,25-26H,11H2,1H3,(H,35,38)(H,36,37)(H,39,40). The third-order valence-corrected chi connectivity index (χ3v) is 9.21. The van der Waals surface area contributed by atoms with E-state index in [4.69, 9.17) is 4.74 Å². The van der Waals surface area contributed by atoms with E-state index in [2.05, 4.69) is 10.6 Å². The largest absolute Gasteiger partial charge is 0.501 e. The highest BCUT2D eigenvalue weighted by molar-refractivity contribution is 7.92. The summed E-state index contributed by atoms with van der Waals surface area (Å²) in [7, 11) is -4.41. The summed E-state index contributed by atoms with van der Waals surface area (Å²) >= 11 is 0. The van der Waals surface area contributed by atoms with Gasteiger partial charge in [0.2, 0.25) is 5.91 Å². The zero-order valence-corrected chi connectivity index (χ0v) is 23.6. The van der Waals surface area contributed by atoms with Gasteiger partial charge in [0, 0.05) is 23.4 Å². The fourth-order valence-corrected chi connectivity index (χ4v) is 6.46. The number of ether oxygens (including phenoxy) is 1. The molecule has 2 bridgehead atoms.